The van der Waals surface area contributed by atoms with Crippen LogP contribution in [0.25, 0.3) is 6.08 Å². The molecule has 140 valence electrons. The van der Waals surface area contributed by atoms with Crippen LogP contribution in [-0.2, 0) is 4.79 Å². The maximum Gasteiger partial charge on any atom is 0.253 e. The highest BCUT2D eigenvalue weighted by Gasteiger charge is 2.13. The normalized spacial score (nSPS) is 12.4. The van der Waals surface area contributed by atoms with Gasteiger partial charge in [-0.15, -0.1) is 0 Å². The van der Waals surface area contributed by atoms with Crippen molar-refractivity contribution in [3.63, 3.8) is 0 Å². The van der Waals surface area contributed by atoms with Crippen LogP contribution in [0.2, 0.25) is 0 Å². The number of rotatable bonds is 6. The Labute approximate surface area is 158 Å². The standard InChI is InChI=1S/C21H22N2O4/c1-14(2)12-22-21(25)16-5-3-4-6-17(16)23-20(24)10-8-15-7-9-18-19(11-15)27-13-26-18/h3-11,14H,12-13H2,1-2H3,(H,22,25)(H,23,24). The predicted octanol–water partition coefficient (Wildman–Crippen LogP) is 3.45. The number of para-hydroxylation sites is 1. The maximum atomic E-state index is 12.3. The van der Waals surface area contributed by atoms with Gasteiger partial charge in [0.15, 0.2) is 11.5 Å². The van der Waals surface area contributed by atoms with Crippen LogP contribution in [0.3, 0.4) is 0 Å². The monoisotopic (exact) mass is 366 g/mol. The van der Waals surface area contributed by atoms with Gasteiger partial charge >= 0.3 is 0 Å². The van der Waals surface area contributed by atoms with Gasteiger partial charge in [-0.1, -0.05) is 32.0 Å². The quantitative estimate of drug-likeness (QED) is 0.768. The molecular formula is C21H22N2O4. The van der Waals surface area contributed by atoms with Gasteiger partial charge in [0.2, 0.25) is 12.7 Å². The van der Waals surface area contributed by atoms with Gasteiger partial charge in [-0.2, -0.15) is 0 Å². The molecule has 0 spiro atoms. The largest absolute Gasteiger partial charge is 0.454 e. The first-order chi connectivity index (χ1) is 13.0. The second kappa shape index (κ2) is 8.40. The van der Waals surface area contributed by atoms with Crippen molar-refractivity contribution in [3.05, 3.63) is 59.7 Å². The molecule has 3 rings (SSSR count). The minimum absolute atomic E-state index is 0.207. The molecule has 2 aromatic carbocycles. The highest BCUT2D eigenvalue weighted by atomic mass is 16.7. The van der Waals surface area contributed by atoms with Crippen molar-refractivity contribution in [2.75, 3.05) is 18.7 Å². The van der Waals surface area contributed by atoms with Crippen LogP contribution >= 0.6 is 0 Å². The first kappa shape index (κ1) is 18.5. The summed E-state index contributed by atoms with van der Waals surface area (Å²) < 4.78 is 10.6. The van der Waals surface area contributed by atoms with Gasteiger partial charge in [0, 0.05) is 12.6 Å². The molecule has 2 N–H and O–H groups in total. The van der Waals surface area contributed by atoms with Gasteiger partial charge in [0.25, 0.3) is 5.91 Å². The van der Waals surface area contributed by atoms with Crippen molar-refractivity contribution in [1.82, 2.24) is 5.32 Å². The molecule has 0 bridgehead atoms. The third-order valence-corrected chi connectivity index (χ3v) is 3.92. The summed E-state index contributed by atoms with van der Waals surface area (Å²) in [5.41, 5.74) is 1.72. The number of carbonyl (C=O) groups excluding carboxylic acids is 2. The Balaban J connectivity index is 1.66. The highest BCUT2D eigenvalue weighted by molar-refractivity contribution is 6.07. The molecule has 2 aromatic rings. The molecule has 0 saturated carbocycles. The van der Waals surface area contributed by atoms with E-state index in [1.54, 1.807) is 42.5 Å². The van der Waals surface area contributed by atoms with Gasteiger partial charge in [-0.3, -0.25) is 9.59 Å². The number of anilines is 1. The molecule has 0 unspecified atom stereocenters. The fourth-order valence-electron chi connectivity index (χ4n) is 2.55. The van der Waals surface area contributed by atoms with E-state index >= 15 is 0 Å². The molecule has 2 amide bonds. The Morgan fingerprint density at radius 1 is 1.11 bits per heavy atom. The fourth-order valence-corrected chi connectivity index (χ4v) is 2.55. The van der Waals surface area contributed by atoms with Gasteiger partial charge in [-0.25, -0.2) is 0 Å². The summed E-state index contributed by atoms with van der Waals surface area (Å²) in [7, 11) is 0. The third kappa shape index (κ3) is 4.88. The molecule has 6 heteroatoms. The van der Waals surface area contributed by atoms with E-state index in [4.69, 9.17) is 9.47 Å². The number of fused-ring (bicyclic) bond motifs is 1. The van der Waals surface area contributed by atoms with E-state index in [-0.39, 0.29) is 18.6 Å². The van der Waals surface area contributed by atoms with E-state index in [2.05, 4.69) is 10.6 Å². The van der Waals surface area contributed by atoms with Crippen LogP contribution < -0.4 is 20.1 Å². The maximum absolute atomic E-state index is 12.3. The van der Waals surface area contributed by atoms with Crippen molar-refractivity contribution >= 4 is 23.6 Å². The smallest absolute Gasteiger partial charge is 0.253 e. The second-order valence-electron chi connectivity index (χ2n) is 6.58. The van der Waals surface area contributed by atoms with Crippen molar-refractivity contribution in [2.45, 2.75) is 13.8 Å². The Morgan fingerprint density at radius 3 is 2.70 bits per heavy atom. The molecule has 0 radical (unpaired) electrons. The van der Waals surface area contributed by atoms with Gasteiger partial charge in [0.05, 0.1) is 11.3 Å². The molecule has 0 aliphatic carbocycles. The number of nitrogens with one attached hydrogen (secondary N) is 2. The molecule has 0 fully saturated rings. The fraction of sp³-hybridized carbons (Fsp3) is 0.238. The Bertz CT molecular complexity index is 874. The molecule has 6 nitrogen and oxygen atoms in total. The lowest BCUT2D eigenvalue weighted by Gasteiger charge is -2.11. The van der Waals surface area contributed by atoms with E-state index in [1.165, 1.54) is 6.08 Å². The summed E-state index contributed by atoms with van der Waals surface area (Å²) in [6.45, 7) is 4.83. The number of hydrogen-bond acceptors (Lipinski definition) is 4. The van der Waals surface area contributed by atoms with E-state index in [9.17, 15) is 9.59 Å². The lowest BCUT2D eigenvalue weighted by molar-refractivity contribution is -0.111. The van der Waals surface area contributed by atoms with E-state index < -0.39 is 0 Å². The van der Waals surface area contributed by atoms with E-state index in [0.717, 1.165) is 5.56 Å². The summed E-state index contributed by atoms with van der Waals surface area (Å²) in [6.07, 6.45) is 3.10. The molecule has 1 aliphatic rings. The Kier molecular flexibility index (Phi) is 5.76. The first-order valence-corrected chi connectivity index (χ1v) is 8.79. The second-order valence-corrected chi connectivity index (χ2v) is 6.58. The average molecular weight is 366 g/mol. The van der Waals surface area contributed by atoms with Crippen LogP contribution in [0.15, 0.2) is 48.5 Å². The number of ether oxygens (including phenoxy) is 2. The predicted molar refractivity (Wildman–Crippen MR) is 104 cm³/mol. The summed E-state index contributed by atoms with van der Waals surface area (Å²) in [4.78, 5) is 24.6. The minimum atomic E-state index is -0.322. The van der Waals surface area contributed by atoms with Crippen LogP contribution in [0.4, 0.5) is 5.69 Å². The van der Waals surface area contributed by atoms with Gasteiger partial charge < -0.3 is 20.1 Å². The SMILES string of the molecule is CC(C)CNC(=O)c1ccccc1NC(=O)C=Cc1ccc2c(c1)OCO2. The number of hydrogen-bond donors (Lipinski definition) is 2. The summed E-state index contributed by atoms with van der Waals surface area (Å²) in [5.74, 6) is 1.17. The van der Waals surface area contributed by atoms with Crippen LogP contribution in [0.1, 0.15) is 29.8 Å². The van der Waals surface area contributed by atoms with Gasteiger partial charge in [-0.05, 0) is 41.8 Å². The Morgan fingerprint density at radius 2 is 1.89 bits per heavy atom. The first-order valence-electron chi connectivity index (χ1n) is 8.79. The average Bonchev–Trinajstić information content (AvgIpc) is 3.12. The zero-order chi connectivity index (χ0) is 19.2. The summed E-state index contributed by atoms with van der Waals surface area (Å²) >= 11 is 0. The number of benzene rings is 2. The molecular weight excluding hydrogens is 344 g/mol. The molecule has 1 aliphatic heterocycles. The molecule has 0 saturated heterocycles. The minimum Gasteiger partial charge on any atom is -0.454 e. The zero-order valence-electron chi connectivity index (χ0n) is 15.3. The molecule has 1 heterocycles. The van der Waals surface area contributed by atoms with Gasteiger partial charge in [0.1, 0.15) is 0 Å². The van der Waals surface area contributed by atoms with Crippen molar-refractivity contribution in [3.8, 4) is 11.5 Å². The lowest BCUT2D eigenvalue weighted by atomic mass is 10.1. The van der Waals surface area contributed by atoms with Crippen molar-refractivity contribution in [2.24, 2.45) is 5.92 Å². The van der Waals surface area contributed by atoms with Crippen LogP contribution in [-0.4, -0.2) is 25.2 Å². The number of carbonyl (C=O) groups is 2. The van der Waals surface area contributed by atoms with E-state index in [0.29, 0.717) is 35.2 Å². The topological polar surface area (TPSA) is 76.7 Å². The lowest BCUT2D eigenvalue weighted by Crippen LogP contribution is -2.28. The Hall–Kier alpha value is -3.28. The van der Waals surface area contributed by atoms with Crippen LogP contribution in [0.5, 0.6) is 11.5 Å². The van der Waals surface area contributed by atoms with E-state index in [1.807, 2.05) is 19.9 Å². The third-order valence-electron chi connectivity index (χ3n) is 3.92. The molecule has 27 heavy (non-hydrogen) atoms. The van der Waals surface area contributed by atoms with Crippen molar-refractivity contribution in [1.29, 1.82) is 0 Å². The highest BCUT2D eigenvalue weighted by Crippen LogP contribution is 2.32. The molecule has 0 aromatic heterocycles. The summed E-state index contributed by atoms with van der Waals surface area (Å²) in [6, 6.07) is 12.4. The summed E-state index contributed by atoms with van der Waals surface area (Å²) in [5, 5.41) is 5.62. The van der Waals surface area contributed by atoms with Crippen LogP contribution in [0, 0.1) is 5.92 Å². The van der Waals surface area contributed by atoms with Crippen molar-refractivity contribution < 1.29 is 19.1 Å². The molecule has 0 atom stereocenters. The zero-order valence-corrected chi connectivity index (χ0v) is 15.3. The number of amides is 2.